The van der Waals surface area contributed by atoms with E-state index in [0.717, 1.165) is 18.4 Å². The van der Waals surface area contributed by atoms with Crippen LogP contribution in [0.25, 0.3) is 5.76 Å². The van der Waals surface area contributed by atoms with Crippen LogP contribution in [-0.4, -0.2) is 40.7 Å². The van der Waals surface area contributed by atoms with Crippen molar-refractivity contribution in [2.45, 2.75) is 35.9 Å². The molecule has 1 fully saturated rings. The van der Waals surface area contributed by atoms with Gasteiger partial charge in [-0.3, -0.25) is 14.5 Å². The third-order valence-electron chi connectivity index (χ3n) is 6.68. The van der Waals surface area contributed by atoms with Crippen LogP contribution in [0.1, 0.15) is 42.5 Å². The van der Waals surface area contributed by atoms with Crippen molar-refractivity contribution in [2.24, 2.45) is 0 Å². The fourth-order valence-electron chi connectivity index (χ4n) is 4.44. The maximum atomic E-state index is 13.5. The Hall–Kier alpha value is -3.86. The number of ether oxygens (including phenoxy) is 2. The molecule has 0 bridgehead atoms. The number of thioether (sulfide) groups is 1. The fraction of sp³-hybridized carbons (Fsp3) is 0.226. The quantitative estimate of drug-likeness (QED) is 0.0465. The summed E-state index contributed by atoms with van der Waals surface area (Å²) in [7, 11) is 1.54. The third-order valence-corrected chi connectivity index (χ3v) is 9.15. The molecule has 1 saturated heterocycles. The molecule has 11 heteroatoms. The highest BCUT2D eigenvalue weighted by atomic mass is 35.5. The Bertz CT molecular complexity index is 1610. The fourth-order valence-corrected chi connectivity index (χ4v) is 6.60. The molecule has 0 radical (unpaired) electrons. The maximum absolute atomic E-state index is 13.5. The molecule has 2 heterocycles. The number of aliphatic hydroxyl groups excluding tert-OH is 1. The van der Waals surface area contributed by atoms with Crippen molar-refractivity contribution in [3.63, 3.8) is 0 Å². The summed E-state index contributed by atoms with van der Waals surface area (Å²) in [5, 5.41) is 20.8. The van der Waals surface area contributed by atoms with Gasteiger partial charge in [0, 0.05) is 16.3 Å². The van der Waals surface area contributed by atoms with Crippen LogP contribution in [0.5, 0.6) is 11.5 Å². The van der Waals surface area contributed by atoms with Gasteiger partial charge in [0.1, 0.15) is 17.3 Å². The number of hydrogen-bond acceptors (Lipinski definition) is 9. The number of amides is 1. The number of hydrogen-bond donors (Lipinski definition) is 1. The van der Waals surface area contributed by atoms with Crippen molar-refractivity contribution in [3.8, 4) is 11.5 Å². The van der Waals surface area contributed by atoms with Crippen LogP contribution in [0.3, 0.4) is 0 Å². The van der Waals surface area contributed by atoms with Crippen LogP contribution in [0.4, 0.5) is 5.13 Å². The summed E-state index contributed by atoms with van der Waals surface area (Å²) in [6.07, 6.45) is 1.94. The molecular weight excluding hydrogens is 594 g/mol. The van der Waals surface area contributed by atoms with Gasteiger partial charge in [0.05, 0.1) is 25.3 Å². The summed E-state index contributed by atoms with van der Waals surface area (Å²) < 4.78 is 11.6. The Labute approximate surface area is 257 Å². The van der Waals surface area contributed by atoms with Crippen molar-refractivity contribution < 1.29 is 24.2 Å². The van der Waals surface area contributed by atoms with Gasteiger partial charge < -0.3 is 14.6 Å². The first-order chi connectivity index (χ1) is 20.4. The van der Waals surface area contributed by atoms with Crippen molar-refractivity contribution in [3.05, 3.63) is 100 Å². The number of anilines is 1. The zero-order valence-corrected chi connectivity index (χ0v) is 25.3. The van der Waals surface area contributed by atoms with E-state index in [2.05, 4.69) is 17.1 Å². The van der Waals surface area contributed by atoms with Gasteiger partial charge in [-0.05, 0) is 60.0 Å². The molecule has 1 N–H and O–H groups in total. The number of halogens is 1. The predicted molar refractivity (Wildman–Crippen MR) is 166 cm³/mol. The molecule has 0 saturated carbocycles. The van der Waals surface area contributed by atoms with E-state index in [1.165, 1.54) is 28.0 Å². The van der Waals surface area contributed by atoms with Gasteiger partial charge in [-0.25, -0.2) is 0 Å². The number of aliphatic hydroxyl groups is 1. The van der Waals surface area contributed by atoms with E-state index in [0.29, 0.717) is 44.3 Å². The van der Waals surface area contributed by atoms with E-state index in [1.54, 1.807) is 55.6 Å². The number of methoxy groups -OCH3 is 1. The number of aromatic nitrogens is 2. The molecule has 1 amide bonds. The molecule has 1 aromatic heterocycles. The summed E-state index contributed by atoms with van der Waals surface area (Å²) >= 11 is 8.93. The van der Waals surface area contributed by atoms with E-state index in [1.807, 2.05) is 24.3 Å². The summed E-state index contributed by atoms with van der Waals surface area (Å²) in [6.45, 7) is 2.68. The molecule has 3 aromatic carbocycles. The minimum Gasteiger partial charge on any atom is -0.507 e. The predicted octanol–water partition coefficient (Wildman–Crippen LogP) is 7.30. The largest absolute Gasteiger partial charge is 0.507 e. The van der Waals surface area contributed by atoms with Crippen molar-refractivity contribution in [1.82, 2.24) is 10.2 Å². The van der Waals surface area contributed by atoms with E-state index in [-0.39, 0.29) is 16.5 Å². The van der Waals surface area contributed by atoms with E-state index in [4.69, 9.17) is 21.1 Å². The lowest BCUT2D eigenvalue weighted by Crippen LogP contribution is -2.29. The molecule has 0 spiro atoms. The van der Waals surface area contributed by atoms with Gasteiger partial charge in [-0.15, -0.1) is 10.2 Å². The normalized spacial score (nSPS) is 16.2. The highest BCUT2D eigenvalue weighted by Gasteiger charge is 2.48. The highest BCUT2D eigenvalue weighted by Crippen LogP contribution is 2.44. The van der Waals surface area contributed by atoms with Gasteiger partial charge in [0.15, 0.2) is 4.34 Å². The van der Waals surface area contributed by atoms with Crippen molar-refractivity contribution in [2.75, 3.05) is 18.6 Å². The monoisotopic (exact) mass is 621 g/mol. The number of nitrogens with zero attached hydrogens (tertiary/aromatic N) is 3. The Balaban J connectivity index is 1.51. The second-order valence-electron chi connectivity index (χ2n) is 9.40. The summed E-state index contributed by atoms with van der Waals surface area (Å²) in [5.41, 5.74) is 1.91. The van der Waals surface area contributed by atoms with Gasteiger partial charge in [-0.1, -0.05) is 78.4 Å². The SMILES string of the molecule is CCCCOc1ccc(C2/C(=C(/O)c3ccc(OC)cc3)C(=O)C(=O)N2c2nnc(SCc3ccccc3Cl)s2)cc1. The number of Topliss-reactive ketones (excluding diaryl/α,β-unsaturated/α-hetero) is 1. The first-order valence-corrected chi connectivity index (χ1v) is 15.5. The lowest BCUT2D eigenvalue weighted by atomic mass is 9.95. The van der Waals surface area contributed by atoms with E-state index >= 15 is 0 Å². The highest BCUT2D eigenvalue weighted by molar-refractivity contribution is 8.00. The van der Waals surface area contributed by atoms with Crippen LogP contribution in [0, 0.1) is 0 Å². The Morgan fingerprint density at radius 1 is 1.02 bits per heavy atom. The topological polar surface area (TPSA) is 102 Å². The van der Waals surface area contributed by atoms with Crippen molar-refractivity contribution >= 4 is 57.3 Å². The molecule has 216 valence electrons. The molecule has 8 nitrogen and oxygen atoms in total. The van der Waals surface area contributed by atoms with Crippen LogP contribution in [0.2, 0.25) is 5.02 Å². The molecule has 0 aliphatic carbocycles. The Morgan fingerprint density at radius 2 is 1.74 bits per heavy atom. The molecule has 42 heavy (non-hydrogen) atoms. The molecule has 1 aliphatic heterocycles. The van der Waals surface area contributed by atoms with Crippen LogP contribution in [-0.2, 0) is 15.3 Å². The number of benzene rings is 3. The molecule has 1 aliphatic rings. The first kappa shape index (κ1) is 29.6. The minimum absolute atomic E-state index is 0.0368. The van der Waals surface area contributed by atoms with Crippen LogP contribution >= 0.6 is 34.7 Å². The lowest BCUT2D eigenvalue weighted by molar-refractivity contribution is -0.132. The Morgan fingerprint density at radius 3 is 2.43 bits per heavy atom. The van der Waals surface area contributed by atoms with Crippen LogP contribution < -0.4 is 14.4 Å². The minimum atomic E-state index is -0.925. The third kappa shape index (κ3) is 6.30. The lowest BCUT2D eigenvalue weighted by Gasteiger charge is -2.22. The molecule has 4 aromatic rings. The van der Waals surface area contributed by atoms with Crippen molar-refractivity contribution in [1.29, 1.82) is 0 Å². The smallest absolute Gasteiger partial charge is 0.301 e. The first-order valence-electron chi connectivity index (χ1n) is 13.3. The summed E-state index contributed by atoms with van der Waals surface area (Å²) in [6, 6.07) is 20.4. The summed E-state index contributed by atoms with van der Waals surface area (Å²) in [4.78, 5) is 28.3. The number of ketones is 1. The van der Waals surface area contributed by atoms with E-state index in [9.17, 15) is 14.7 Å². The van der Waals surface area contributed by atoms with Gasteiger partial charge in [0.25, 0.3) is 5.78 Å². The zero-order chi connectivity index (χ0) is 29.6. The number of carbonyl (C=O) groups excluding carboxylic acids is 2. The van der Waals surface area contributed by atoms with Gasteiger partial charge in [0.2, 0.25) is 5.13 Å². The zero-order valence-electron chi connectivity index (χ0n) is 23.0. The molecule has 5 rings (SSSR count). The number of carbonyl (C=O) groups is 2. The average Bonchev–Trinajstić information content (AvgIpc) is 3.58. The van der Waals surface area contributed by atoms with Gasteiger partial charge >= 0.3 is 5.91 Å². The Kier molecular flexibility index (Phi) is 9.46. The number of unbranched alkanes of at least 4 members (excludes halogenated alkanes) is 1. The molecule has 1 atom stereocenters. The second kappa shape index (κ2) is 13.4. The standard InChI is InChI=1S/C31H28ClN3O5S2/c1-3-4-17-40-23-15-9-19(10-16-23)26-25(27(36)20-11-13-22(39-2)14-12-20)28(37)29(38)35(26)30-33-34-31(42-30)41-18-21-7-5-6-8-24(21)32/h5-16,26,36H,3-4,17-18H2,1-2H3/b27-25-. The average molecular weight is 622 g/mol. The van der Waals surface area contributed by atoms with Gasteiger partial charge in [-0.2, -0.15) is 0 Å². The van der Waals surface area contributed by atoms with Crippen LogP contribution in [0.15, 0.2) is 82.7 Å². The van der Waals surface area contributed by atoms with E-state index < -0.39 is 17.7 Å². The number of rotatable bonds is 11. The molecule has 1 unspecified atom stereocenters. The molecular formula is C31H28ClN3O5S2. The maximum Gasteiger partial charge on any atom is 0.301 e. The summed E-state index contributed by atoms with van der Waals surface area (Å²) in [5.74, 6) is -0.0572. The second-order valence-corrected chi connectivity index (χ2v) is 12.0.